The number of carbonyl (C=O) groups excluding carboxylic acids is 2. The standard InChI is InChI=1S/C12H16N4O2S/c1-6(2)16-10(17)5-8(11(16)18)19-12-14-7(3)4-9(13)15-12/h4,6,8H,5H2,1-3H3,(H2,13,14,15). The van der Waals surface area contributed by atoms with E-state index in [9.17, 15) is 9.59 Å². The van der Waals surface area contributed by atoms with Gasteiger partial charge in [-0.3, -0.25) is 14.5 Å². The number of nitrogens with two attached hydrogens (primary N) is 1. The molecule has 2 heterocycles. The number of rotatable bonds is 3. The zero-order valence-corrected chi connectivity index (χ0v) is 11.9. The number of hydrogen-bond acceptors (Lipinski definition) is 6. The van der Waals surface area contributed by atoms with Crippen molar-refractivity contribution in [1.82, 2.24) is 14.9 Å². The highest BCUT2D eigenvalue weighted by Crippen LogP contribution is 2.30. The fourth-order valence-electron chi connectivity index (χ4n) is 2.00. The van der Waals surface area contributed by atoms with Crippen LogP contribution in [-0.4, -0.2) is 38.0 Å². The second-order valence-corrected chi connectivity index (χ2v) is 5.89. The lowest BCUT2D eigenvalue weighted by Crippen LogP contribution is -2.37. The van der Waals surface area contributed by atoms with Crippen molar-refractivity contribution >= 4 is 29.4 Å². The number of aryl methyl sites for hydroxylation is 1. The van der Waals surface area contributed by atoms with Gasteiger partial charge in [0.15, 0.2) is 5.16 Å². The molecule has 1 aromatic heterocycles. The molecule has 2 N–H and O–H groups in total. The quantitative estimate of drug-likeness (QED) is 0.656. The number of nitrogen functional groups attached to an aromatic ring is 1. The number of likely N-dealkylation sites (tertiary alicyclic amines) is 1. The van der Waals surface area contributed by atoms with Crippen molar-refractivity contribution < 1.29 is 9.59 Å². The third-order valence-electron chi connectivity index (χ3n) is 2.76. The number of nitrogens with zero attached hydrogens (tertiary/aromatic N) is 3. The second-order valence-electron chi connectivity index (χ2n) is 4.72. The van der Waals surface area contributed by atoms with Crippen molar-refractivity contribution in [2.24, 2.45) is 0 Å². The normalized spacial score (nSPS) is 19.6. The minimum absolute atomic E-state index is 0.117. The first kappa shape index (κ1) is 13.8. The molecule has 1 aliphatic heterocycles. The van der Waals surface area contributed by atoms with Gasteiger partial charge in [-0.1, -0.05) is 11.8 Å². The molecule has 7 heteroatoms. The SMILES string of the molecule is Cc1cc(N)nc(SC2CC(=O)N(C(C)C)C2=O)n1. The van der Waals surface area contributed by atoms with Crippen LogP contribution in [0.3, 0.4) is 0 Å². The number of anilines is 1. The van der Waals surface area contributed by atoms with Gasteiger partial charge in [0.1, 0.15) is 11.1 Å². The first-order valence-corrected chi connectivity index (χ1v) is 6.90. The van der Waals surface area contributed by atoms with Gasteiger partial charge in [-0.25, -0.2) is 9.97 Å². The fraction of sp³-hybridized carbons (Fsp3) is 0.500. The van der Waals surface area contributed by atoms with E-state index in [2.05, 4.69) is 9.97 Å². The Morgan fingerprint density at radius 1 is 1.42 bits per heavy atom. The van der Waals surface area contributed by atoms with Gasteiger partial charge < -0.3 is 5.73 Å². The van der Waals surface area contributed by atoms with Gasteiger partial charge in [0, 0.05) is 24.2 Å². The van der Waals surface area contributed by atoms with Crippen LogP contribution in [0.2, 0.25) is 0 Å². The number of imide groups is 1. The first-order valence-electron chi connectivity index (χ1n) is 6.02. The maximum atomic E-state index is 12.1. The van der Waals surface area contributed by atoms with Crippen molar-refractivity contribution in [3.8, 4) is 0 Å². The fourth-order valence-corrected chi connectivity index (χ4v) is 3.05. The highest BCUT2D eigenvalue weighted by atomic mass is 32.2. The van der Waals surface area contributed by atoms with E-state index in [-0.39, 0.29) is 24.3 Å². The summed E-state index contributed by atoms with van der Waals surface area (Å²) < 4.78 is 0. The van der Waals surface area contributed by atoms with Crippen LogP contribution in [0.25, 0.3) is 0 Å². The molecule has 0 aliphatic carbocycles. The molecule has 1 unspecified atom stereocenters. The Morgan fingerprint density at radius 2 is 2.11 bits per heavy atom. The highest BCUT2D eigenvalue weighted by Gasteiger charge is 2.40. The third-order valence-corrected chi connectivity index (χ3v) is 3.81. The molecular weight excluding hydrogens is 264 g/mol. The smallest absolute Gasteiger partial charge is 0.243 e. The van der Waals surface area contributed by atoms with E-state index in [4.69, 9.17) is 5.73 Å². The topological polar surface area (TPSA) is 89.2 Å². The Kier molecular flexibility index (Phi) is 3.75. The predicted octanol–water partition coefficient (Wildman–Crippen LogP) is 0.995. The van der Waals surface area contributed by atoms with E-state index in [0.717, 1.165) is 5.69 Å². The first-order chi connectivity index (χ1) is 8.88. The average Bonchev–Trinajstić information content (AvgIpc) is 2.52. The van der Waals surface area contributed by atoms with Gasteiger partial charge in [0.2, 0.25) is 11.8 Å². The maximum absolute atomic E-state index is 12.1. The Labute approximate surface area is 115 Å². The summed E-state index contributed by atoms with van der Waals surface area (Å²) in [5.41, 5.74) is 6.39. The van der Waals surface area contributed by atoms with Gasteiger partial charge in [0.25, 0.3) is 0 Å². The lowest BCUT2D eigenvalue weighted by atomic mass is 10.3. The number of amides is 2. The van der Waals surface area contributed by atoms with Crippen LogP contribution in [0, 0.1) is 6.92 Å². The molecule has 6 nitrogen and oxygen atoms in total. The van der Waals surface area contributed by atoms with Crippen LogP contribution >= 0.6 is 11.8 Å². The summed E-state index contributed by atoms with van der Waals surface area (Å²) in [6, 6.07) is 1.54. The predicted molar refractivity (Wildman–Crippen MR) is 72.4 cm³/mol. The molecular formula is C12H16N4O2S. The van der Waals surface area contributed by atoms with Gasteiger partial charge in [0.05, 0.1) is 0 Å². The average molecular weight is 280 g/mol. The lowest BCUT2D eigenvalue weighted by molar-refractivity contribution is -0.140. The summed E-state index contributed by atoms with van der Waals surface area (Å²) in [6.45, 7) is 5.46. The van der Waals surface area contributed by atoms with Gasteiger partial charge in [-0.15, -0.1) is 0 Å². The van der Waals surface area contributed by atoms with Crippen molar-refractivity contribution in [2.45, 2.75) is 43.6 Å². The number of aromatic nitrogens is 2. The molecule has 2 amide bonds. The van der Waals surface area contributed by atoms with E-state index in [1.807, 2.05) is 20.8 Å². The molecule has 2 rings (SSSR count). The molecule has 1 aromatic rings. The minimum atomic E-state index is -0.448. The van der Waals surface area contributed by atoms with Crippen LogP contribution in [-0.2, 0) is 9.59 Å². The second kappa shape index (κ2) is 5.16. The van der Waals surface area contributed by atoms with Crippen molar-refractivity contribution in [3.63, 3.8) is 0 Å². The summed E-state index contributed by atoms with van der Waals surface area (Å²) in [7, 11) is 0. The van der Waals surface area contributed by atoms with Gasteiger partial charge >= 0.3 is 0 Å². The van der Waals surface area contributed by atoms with E-state index in [1.54, 1.807) is 6.07 Å². The van der Waals surface area contributed by atoms with Crippen molar-refractivity contribution in [1.29, 1.82) is 0 Å². The zero-order valence-electron chi connectivity index (χ0n) is 11.1. The Morgan fingerprint density at radius 3 is 2.63 bits per heavy atom. The zero-order chi connectivity index (χ0) is 14.2. The van der Waals surface area contributed by atoms with E-state index in [0.29, 0.717) is 11.0 Å². The molecule has 0 bridgehead atoms. The monoisotopic (exact) mass is 280 g/mol. The van der Waals surface area contributed by atoms with Crippen LogP contribution in [0.1, 0.15) is 26.0 Å². The van der Waals surface area contributed by atoms with Gasteiger partial charge in [-0.05, 0) is 20.8 Å². The molecule has 0 spiro atoms. The Balaban J connectivity index is 2.16. The number of thioether (sulfide) groups is 1. The number of carbonyl (C=O) groups is 2. The minimum Gasteiger partial charge on any atom is -0.384 e. The molecule has 1 atom stereocenters. The molecule has 1 fully saturated rings. The molecule has 1 saturated heterocycles. The summed E-state index contributed by atoms with van der Waals surface area (Å²) in [5, 5.41) is -0.00893. The highest BCUT2D eigenvalue weighted by molar-refractivity contribution is 8.00. The van der Waals surface area contributed by atoms with Crippen molar-refractivity contribution in [3.05, 3.63) is 11.8 Å². The number of hydrogen-bond donors (Lipinski definition) is 1. The molecule has 19 heavy (non-hydrogen) atoms. The molecule has 1 aliphatic rings. The molecule has 0 radical (unpaired) electrons. The van der Waals surface area contributed by atoms with Crippen LogP contribution in [0.5, 0.6) is 0 Å². The summed E-state index contributed by atoms with van der Waals surface area (Å²) >= 11 is 1.20. The summed E-state index contributed by atoms with van der Waals surface area (Å²) in [4.78, 5) is 33.5. The largest absolute Gasteiger partial charge is 0.384 e. The molecule has 102 valence electrons. The van der Waals surface area contributed by atoms with E-state index in [1.165, 1.54) is 16.7 Å². The molecule has 0 saturated carbocycles. The van der Waals surface area contributed by atoms with E-state index >= 15 is 0 Å². The third kappa shape index (κ3) is 2.86. The molecule has 0 aromatic carbocycles. The van der Waals surface area contributed by atoms with Crippen LogP contribution < -0.4 is 5.73 Å². The lowest BCUT2D eigenvalue weighted by Gasteiger charge is -2.18. The Bertz CT molecular complexity index is 512. The summed E-state index contributed by atoms with van der Waals surface area (Å²) in [5.74, 6) is 0.0549. The summed E-state index contributed by atoms with van der Waals surface area (Å²) in [6.07, 6.45) is 0.193. The van der Waals surface area contributed by atoms with Crippen molar-refractivity contribution in [2.75, 3.05) is 5.73 Å². The van der Waals surface area contributed by atoms with Crippen LogP contribution in [0.15, 0.2) is 11.2 Å². The Hall–Kier alpha value is -1.63. The van der Waals surface area contributed by atoms with Crippen LogP contribution in [0.4, 0.5) is 5.82 Å². The maximum Gasteiger partial charge on any atom is 0.243 e. The van der Waals surface area contributed by atoms with Gasteiger partial charge in [-0.2, -0.15) is 0 Å². The van der Waals surface area contributed by atoms with E-state index < -0.39 is 5.25 Å².